The zero-order valence-electron chi connectivity index (χ0n) is 7.13. The van der Waals surface area contributed by atoms with E-state index in [2.05, 4.69) is 5.73 Å². The first kappa shape index (κ1) is 14.5. The number of rotatable bonds is 5. The van der Waals surface area contributed by atoms with Gasteiger partial charge in [-0.1, -0.05) is 8.96 Å². The summed E-state index contributed by atoms with van der Waals surface area (Å²) in [5.41, 5.74) is 4.00. The zero-order chi connectivity index (χ0) is 13.3. The largest absolute Gasteiger partial charge is 0.478 e. The molecule has 16 heavy (non-hydrogen) atoms. The lowest BCUT2D eigenvalue weighted by Gasteiger charge is -2.29. The van der Waals surface area contributed by atoms with Crippen LogP contribution in [0.25, 0.3) is 0 Å². The number of amides is 1. The number of primary amides is 1. The smallest absolute Gasteiger partial charge is 0.382 e. The highest BCUT2D eigenvalue weighted by molar-refractivity contribution is 5.84. The van der Waals surface area contributed by atoms with Crippen LogP contribution in [0.1, 0.15) is 0 Å². The van der Waals surface area contributed by atoms with E-state index in [0.717, 1.165) is 0 Å². The van der Waals surface area contributed by atoms with E-state index in [1.165, 1.54) is 0 Å². The second-order valence-electron chi connectivity index (χ2n) is 2.55. The van der Waals surface area contributed by atoms with Crippen molar-refractivity contribution in [2.45, 2.75) is 17.9 Å². The second-order valence-corrected chi connectivity index (χ2v) is 2.55. The third-order valence-corrected chi connectivity index (χ3v) is 1.53. The van der Waals surface area contributed by atoms with E-state index >= 15 is 0 Å². The van der Waals surface area contributed by atoms with Gasteiger partial charge < -0.3 is 10.8 Å². The molecule has 0 spiro atoms. The molecular weight excluding hydrogens is 250 g/mol. The normalized spacial score (nSPS) is 17.9. The number of carboxylic acid groups (broad SMARTS) is 1. The Balaban J connectivity index is 5.54. The van der Waals surface area contributed by atoms with Gasteiger partial charge in [0.05, 0.1) is 5.34 Å². The molecule has 0 rings (SSSR count). The number of halogens is 6. The predicted molar refractivity (Wildman–Crippen MR) is 34.6 cm³/mol. The molecular formula is C5H4F6N2O3. The minimum atomic E-state index is -5.85. The van der Waals surface area contributed by atoms with E-state index in [-0.39, 0.29) is 0 Å². The molecule has 0 aliphatic rings. The maximum absolute atomic E-state index is 12.8. The molecule has 0 aromatic rings. The predicted octanol–water partition coefficient (Wildman–Crippen LogP) is 0.267. The lowest BCUT2D eigenvalue weighted by molar-refractivity contribution is -0.343. The standard InChI is InChI=1S/C5H4F6N2O3/c6-1(2(12)14)4(7,8)5(9,3(15)16)13(10)11/h1H,(H2,12,14)(H,15,16)/t1?,5-/m1/s1. The number of alkyl halides is 4. The van der Waals surface area contributed by atoms with E-state index in [0.29, 0.717) is 0 Å². The highest BCUT2D eigenvalue weighted by atomic mass is 19.4. The maximum atomic E-state index is 12.8. The summed E-state index contributed by atoms with van der Waals surface area (Å²) in [5, 5.41) is 4.82. The first-order chi connectivity index (χ1) is 6.99. The van der Waals surface area contributed by atoms with Gasteiger partial charge in [-0.25, -0.2) is 13.6 Å². The Kier molecular flexibility index (Phi) is 3.76. The lowest BCUT2D eigenvalue weighted by atomic mass is 10.0. The Bertz CT molecular complexity index is 311. The van der Waals surface area contributed by atoms with Crippen LogP contribution < -0.4 is 5.73 Å². The fourth-order valence-electron chi connectivity index (χ4n) is 0.674. The topological polar surface area (TPSA) is 83.6 Å². The van der Waals surface area contributed by atoms with Gasteiger partial charge in [-0.05, 0) is 0 Å². The van der Waals surface area contributed by atoms with Crippen LogP contribution in [0.2, 0.25) is 0 Å². The molecule has 3 N–H and O–H groups in total. The molecule has 1 amide bonds. The first-order valence-electron chi connectivity index (χ1n) is 3.34. The van der Waals surface area contributed by atoms with Gasteiger partial charge in [0.2, 0.25) is 6.17 Å². The summed E-state index contributed by atoms with van der Waals surface area (Å²) in [5.74, 6) is -17.4. The lowest BCUT2D eigenvalue weighted by Crippen LogP contribution is -2.63. The van der Waals surface area contributed by atoms with Crippen molar-refractivity contribution < 1.29 is 41.2 Å². The number of hydrogen-bond acceptors (Lipinski definition) is 3. The van der Waals surface area contributed by atoms with Crippen molar-refractivity contribution >= 4 is 11.9 Å². The van der Waals surface area contributed by atoms with E-state index in [1.807, 2.05) is 0 Å². The molecule has 11 heteroatoms. The fourth-order valence-corrected chi connectivity index (χ4v) is 0.674. The summed E-state index contributed by atoms with van der Waals surface area (Å²) in [4.78, 5) is 19.9. The number of nitrogens with two attached hydrogens (primary N) is 1. The Morgan fingerprint density at radius 2 is 1.62 bits per heavy atom. The quantitative estimate of drug-likeness (QED) is 0.419. The van der Waals surface area contributed by atoms with E-state index in [9.17, 15) is 36.1 Å². The van der Waals surface area contributed by atoms with Gasteiger partial charge in [-0.15, -0.1) is 0 Å². The molecule has 0 aliphatic carbocycles. The molecule has 0 saturated heterocycles. The highest BCUT2D eigenvalue weighted by Gasteiger charge is 2.72. The zero-order valence-corrected chi connectivity index (χ0v) is 7.13. The molecule has 5 nitrogen and oxygen atoms in total. The van der Waals surface area contributed by atoms with Crippen LogP contribution in [0.5, 0.6) is 0 Å². The van der Waals surface area contributed by atoms with Gasteiger partial charge >= 0.3 is 17.7 Å². The molecule has 2 atom stereocenters. The Morgan fingerprint density at radius 3 is 1.81 bits per heavy atom. The first-order valence-corrected chi connectivity index (χ1v) is 3.34. The molecule has 0 heterocycles. The van der Waals surface area contributed by atoms with Crippen LogP contribution in [0.3, 0.4) is 0 Å². The summed E-state index contributed by atoms with van der Waals surface area (Å²) < 4.78 is 74.0. The average Bonchev–Trinajstić information content (AvgIpc) is 2.13. The molecule has 0 radical (unpaired) electrons. The Labute approximate surface area is 83.3 Å². The minimum absolute atomic E-state index is 2.48. The molecule has 0 fully saturated rings. The number of carboxylic acids is 1. The monoisotopic (exact) mass is 254 g/mol. The number of hydrogen-bond donors (Lipinski definition) is 2. The van der Waals surface area contributed by atoms with Crippen LogP contribution in [-0.2, 0) is 9.59 Å². The number of carbonyl (C=O) groups excluding carboxylic acids is 1. The van der Waals surface area contributed by atoms with Crippen molar-refractivity contribution in [1.29, 1.82) is 0 Å². The van der Waals surface area contributed by atoms with Crippen LogP contribution >= 0.6 is 0 Å². The fraction of sp³-hybridized carbons (Fsp3) is 0.600. The molecule has 0 bridgehead atoms. The van der Waals surface area contributed by atoms with Crippen LogP contribution in [-0.4, -0.2) is 40.2 Å². The second kappa shape index (κ2) is 4.15. The molecule has 1 unspecified atom stereocenters. The number of nitrogens with zero attached hydrogens (tertiary/aromatic N) is 1. The molecule has 0 aromatic heterocycles. The minimum Gasteiger partial charge on any atom is -0.478 e. The third kappa shape index (κ3) is 1.89. The number of aliphatic carboxylic acids is 1. The van der Waals surface area contributed by atoms with Crippen molar-refractivity contribution in [1.82, 2.24) is 5.34 Å². The summed E-state index contributed by atoms with van der Waals surface area (Å²) in [6.07, 6.45) is -4.22. The summed E-state index contributed by atoms with van der Waals surface area (Å²) in [6.45, 7) is 0. The van der Waals surface area contributed by atoms with Crippen molar-refractivity contribution in [2.75, 3.05) is 0 Å². The van der Waals surface area contributed by atoms with Crippen LogP contribution in [0.4, 0.5) is 26.5 Å². The molecule has 0 saturated carbocycles. The molecule has 0 aliphatic heterocycles. The summed E-state index contributed by atoms with van der Waals surface area (Å²) >= 11 is 0. The van der Waals surface area contributed by atoms with Gasteiger partial charge in [0, 0.05) is 0 Å². The maximum Gasteiger partial charge on any atom is 0.382 e. The van der Waals surface area contributed by atoms with Gasteiger partial charge in [0.1, 0.15) is 0 Å². The van der Waals surface area contributed by atoms with E-state index in [4.69, 9.17) is 5.11 Å². The van der Waals surface area contributed by atoms with Crippen LogP contribution in [0, 0.1) is 0 Å². The van der Waals surface area contributed by atoms with Gasteiger partial charge in [-0.3, -0.25) is 4.79 Å². The third-order valence-electron chi connectivity index (χ3n) is 1.53. The van der Waals surface area contributed by atoms with Crippen LogP contribution in [0.15, 0.2) is 0 Å². The number of carbonyl (C=O) groups is 2. The SMILES string of the molecule is NC(=O)C(F)C(F)(F)[C@@](F)(C(=O)O)N(F)F. The van der Waals surface area contributed by atoms with Gasteiger partial charge in [0.15, 0.2) is 0 Å². The molecule has 94 valence electrons. The average molecular weight is 254 g/mol. The van der Waals surface area contributed by atoms with Crippen molar-refractivity contribution in [3.8, 4) is 0 Å². The van der Waals surface area contributed by atoms with E-state index in [1.54, 1.807) is 0 Å². The van der Waals surface area contributed by atoms with E-state index < -0.39 is 35.1 Å². The Morgan fingerprint density at radius 1 is 1.25 bits per heavy atom. The highest BCUT2D eigenvalue weighted by Crippen LogP contribution is 2.40. The van der Waals surface area contributed by atoms with Gasteiger partial charge in [0.25, 0.3) is 5.91 Å². The van der Waals surface area contributed by atoms with Crippen molar-refractivity contribution in [2.24, 2.45) is 5.73 Å². The van der Waals surface area contributed by atoms with Gasteiger partial charge in [-0.2, -0.15) is 8.78 Å². The van der Waals surface area contributed by atoms with Crippen molar-refractivity contribution in [3.63, 3.8) is 0 Å². The Hall–Kier alpha value is -1.52. The van der Waals surface area contributed by atoms with Crippen molar-refractivity contribution in [3.05, 3.63) is 0 Å². The summed E-state index contributed by atoms with van der Waals surface area (Å²) in [6, 6.07) is 0. The molecule has 0 aromatic carbocycles. The summed E-state index contributed by atoms with van der Waals surface area (Å²) in [7, 11) is 0.